The van der Waals surface area contributed by atoms with Crippen LogP contribution in [0.25, 0.3) is 0 Å². The maximum absolute atomic E-state index is 14.4. The monoisotopic (exact) mass is 755 g/mol. The van der Waals surface area contributed by atoms with Crippen LogP contribution in [0.5, 0.6) is 0 Å². The molecule has 4 rings (SSSR count). The van der Waals surface area contributed by atoms with Gasteiger partial charge in [-0.1, -0.05) is 13.8 Å². The maximum atomic E-state index is 14.4. The minimum atomic E-state index is -1.48. The number of cyclic esters (lactones) is 1. The largest absolute Gasteiger partial charge is 0.488 e. The number of likely N-dealkylation sites (N-methyl/N-ethyl adjacent to an activating group) is 1. The molecule has 4 aliphatic rings. The molecule has 0 radical (unpaired) electrons. The highest BCUT2D eigenvalue weighted by Crippen LogP contribution is 2.47. The first-order valence-corrected chi connectivity index (χ1v) is 19.5. The Kier molecular flexibility index (Phi) is 14.0. The van der Waals surface area contributed by atoms with Crippen LogP contribution in [0.2, 0.25) is 0 Å². The highest BCUT2D eigenvalue weighted by Gasteiger charge is 2.56. The number of ketones is 1. The van der Waals surface area contributed by atoms with Gasteiger partial charge in [-0.2, -0.15) is 0 Å². The predicted molar refractivity (Wildman–Crippen MR) is 197 cm³/mol. The van der Waals surface area contributed by atoms with Gasteiger partial charge in [0.05, 0.1) is 35.7 Å². The average molecular weight is 756 g/mol. The average Bonchev–Trinajstić information content (AvgIpc) is 3.43. The number of nitrogens with zero attached hydrogens (tertiary/aromatic N) is 1. The fourth-order valence-electron chi connectivity index (χ4n) is 9.05. The molecular formula is C40H69NO12. The zero-order valence-corrected chi connectivity index (χ0v) is 34.8. The van der Waals surface area contributed by atoms with Crippen LogP contribution in [-0.2, 0) is 47.5 Å². The molecule has 4 aliphatic heterocycles. The summed E-state index contributed by atoms with van der Waals surface area (Å²) in [7, 11) is 4.97. The summed E-state index contributed by atoms with van der Waals surface area (Å²) >= 11 is 0. The van der Waals surface area contributed by atoms with Crippen molar-refractivity contribution < 1.29 is 57.7 Å². The number of carbonyl (C=O) groups excluding carboxylic acids is 2. The normalized spacial score (nSPS) is 46.1. The Morgan fingerprint density at radius 2 is 1.62 bits per heavy atom. The molecule has 13 nitrogen and oxygen atoms in total. The third-order valence-electron chi connectivity index (χ3n) is 12.8. The van der Waals surface area contributed by atoms with Crippen molar-refractivity contribution in [2.45, 2.75) is 193 Å². The first kappa shape index (κ1) is 44.0. The van der Waals surface area contributed by atoms with Gasteiger partial charge in [0.1, 0.15) is 35.8 Å². The quantitative estimate of drug-likeness (QED) is 0.318. The molecular weight excluding hydrogens is 686 g/mol. The van der Waals surface area contributed by atoms with Gasteiger partial charge in [0.15, 0.2) is 24.0 Å². The van der Waals surface area contributed by atoms with Crippen LogP contribution in [0.4, 0.5) is 0 Å². The van der Waals surface area contributed by atoms with Crippen molar-refractivity contribution in [2.75, 3.05) is 21.3 Å². The molecule has 13 heteroatoms. The molecule has 306 valence electrons. The van der Waals surface area contributed by atoms with Gasteiger partial charge in [0.25, 0.3) is 0 Å². The van der Waals surface area contributed by atoms with E-state index < -0.39 is 89.7 Å². The Labute approximate surface area is 317 Å². The van der Waals surface area contributed by atoms with E-state index in [4.69, 9.17) is 37.9 Å². The summed E-state index contributed by atoms with van der Waals surface area (Å²) in [6.07, 6.45) is -5.84. The number of rotatable bonds is 9. The van der Waals surface area contributed by atoms with Gasteiger partial charge >= 0.3 is 5.97 Å². The fraction of sp³-hybridized carbons (Fsp3) is 0.900. The second-order valence-electron chi connectivity index (χ2n) is 17.1. The van der Waals surface area contributed by atoms with Crippen LogP contribution in [-0.4, -0.2) is 132 Å². The van der Waals surface area contributed by atoms with E-state index in [0.717, 1.165) is 5.57 Å². The zero-order valence-electron chi connectivity index (χ0n) is 34.8. The van der Waals surface area contributed by atoms with Crippen molar-refractivity contribution in [2.24, 2.45) is 17.8 Å². The van der Waals surface area contributed by atoms with Crippen LogP contribution in [0.1, 0.15) is 109 Å². The van der Waals surface area contributed by atoms with E-state index in [1.54, 1.807) is 34.6 Å². The van der Waals surface area contributed by atoms with Gasteiger partial charge in [-0.3, -0.25) is 14.5 Å². The molecule has 16 atom stereocenters. The minimum Gasteiger partial charge on any atom is -0.488 e. The molecule has 0 aromatic rings. The van der Waals surface area contributed by atoms with Crippen molar-refractivity contribution in [1.29, 1.82) is 0 Å². The van der Waals surface area contributed by atoms with Gasteiger partial charge in [-0.15, -0.1) is 0 Å². The van der Waals surface area contributed by atoms with Crippen LogP contribution in [0, 0.1) is 17.8 Å². The number of aliphatic hydroxyl groups is 2. The molecule has 8 unspecified atom stereocenters. The Morgan fingerprint density at radius 1 is 0.981 bits per heavy atom. The summed E-state index contributed by atoms with van der Waals surface area (Å²) < 4.78 is 51.1. The van der Waals surface area contributed by atoms with Gasteiger partial charge in [0, 0.05) is 45.1 Å². The number of allylic oxidation sites excluding steroid dienone is 1. The fourth-order valence-corrected chi connectivity index (χ4v) is 9.05. The van der Waals surface area contributed by atoms with Crippen LogP contribution in [0.15, 0.2) is 11.3 Å². The van der Waals surface area contributed by atoms with Crippen LogP contribution >= 0.6 is 0 Å². The van der Waals surface area contributed by atoms with E-state index in [1.165, 1.54) is 14.2 Å². The van der Waals surface area contributed by atoms with E-state index in [2.05, 4.69) is 18.7 Å². The number of methoxy groups -OCH3 is 2. The molecule has 0 saturated carbocycles. The third-order valence-corrected chi connectivity index (χ3v) is 12.8. The number of Topliss-reactive ketones (excluding diaryl/α,β-unsaturated/α-hetero) is 1. The first-order chi connectivity index (χ1) is 24.6. The summed E-state index contributed by atoms with van der Waals surface area (Å²) in [5, 5.41) is 22.8. The summed E-state index contributed by atoms with van der Waals surface area (Å²) in [6, 6.07) is -0.0782. The zero-order chi connectivity index (χ0) is 40.0. The number of hydrogen-bond donors (Lipinski definition) is 2. The van der Waals surface area contributed by atoms with E-state index in [9.17, 15) is 19.8 Å². The standard InChI is InChI=1S/C40H69NO12/c1-16-28-40(12,47-15)33(43)23(6)31-21(4)18-39(11,53-31)35(52-37-30(42)27(17-22(5)48-37)41(13)20(2)3)24(7)32(25(8)36(45)50-28)51-29-19-38(10,46-14)34(44)26(9)49-29/h20,22-30,32,34-35,37,42,44H,16-19H2,1-15H3/t22?,23-,24?,25?,26?,27?,28?,29-,30+,32?,34-,35+,37?,38+,39-,40+/m1/s1. The lowest BCUT2D eigenvalue weighted by Gasteiger charge is -2.49. The van der Waals surface area contributed by atoms with Crippen molar-refractivity contribution in [3.63, 3.8) is 0 Å². The second kappa shape index (κ2) is 16.8. The highest BCUT2D eigenvalue weighted by atomic mass is 16.7. The van der Waals surface area contributed by atoms with Crippen molar-refractivity contribution >= 4 is 11.8 Å². The molecule has 0 aliphatic carbocycles. The molecule has 53 heavy (non-hydrogen) atoms. The maximum Gasteiger partial charge on any atom is 0.311 e. The van der Waals surface area contributed by atoms with E-state index in [-0.39, 0.29) is 30.4 Å². The van der Waals surface area contributed by atoms with Crippen molar-refractivity contribution in [3.8, 4) is 0 Å². The molecule has 0 spiro atoms. The lowest BCUT2D eigenvalue weighted by atomic mass is 9.79. The minimum absolute atomic E-state index is 0.164. The van der Waals surface area contributed by atoms with E-state index in [1.807, 2.05) is 41.7 Å². The lowest BCUT2D eigenvalue weighted by molar-refractivity contribution is -0.317. The van der Waals surface area contributed by atoms with Crippen molar-refractivity contribution in [1.82, 2.24) is 4.90 Å². The Bertz CT molecular complexity index is 1330. The SMILES string of the molecule is CCC1OC(=O)C(C)C(O[C@@H]2C[C@](C)(OC)[C@H](O)C(C)O2)C(C)[C@H](OC2OC(C)CC(N(C)C(C)C)[C@@H]2O)[C@@]2(C)CC(C)=C(O2)[C@@H](C)C(=O)[C@@]1(C)OC. The summed E-state index contributed by atoms with van der Waals surface area (Å²) in [4.78, 5) is 30.8. The molecule has 2 N–H and O–H groups in total. The van der Waals surface area contributed by atoms with E-state index in [0.29, 0.717) is 25.0 Å². The molecule has 3 fully saturated rings. The highest BCUT2D eigenvalue weighted by molar-refractivity contribution is 5.92. The second-order valence-corrected chi connectivity index (χ2v) is 17.1. The molecule has 2 bridgehead atoms. The molecule has 3 saturated heterocycles. The van der Waals surface area contributed by atoms with Crippen LogP contribution in [0.3, 0.4) is 0 Å². The summed E-state index contributed by atoms with van der Waals surface area (Å²) in [5.74, 6) is -2.59. The van der Waals surface area contributed by atoms with Crippen LogP contribution < -0.4 is 0 Å². The molecule has 0 aromatic carbocycles. The van der Waals surface area contributed by atoms with E-state index >= 15 is 0 Å². The number of hydrogen-bond acceptors (Lipinski definition) is 13. The predicted octanol–water partition coefficient (Wildman–Crippen LogP) is 4.53. The Hall–Kier alpha value is -1.68. The number of ether oxygens (including phenoxy) is 8. The topological polar surface area (TPSA) is 152 Å². The van der Waals surface area contributed by atoms with Gasteiger partial charge < -0.3 is 48.1 Å². The first-order valence-electron chi connectivity index (χ1n) is 19.5. The number of esters is 1. The smallest absolute Gasteiger partial charge is 0.311 e. The molecule has 0 amide bonds. The third kappa shape index (κ3) is 8.54. The molecule has 4 heterocycles. The lowest BCUT2D eigenvalue weighted by Crippen LogP contribution is -2.61. The molecule has 0 aromatic heterocycles. The van der Waals surface area contributed by atoms with Crippen molar-refractivity contribution in [3.05, 3.63) is 11.3 Å². The Morgan fingerprint density at radius 3 is 2.19 bits per heavy atom. The van der Waals surface area contributed by atoms with Gasteiger partial charge in [-0.25, -0.2) is 0 Å². The van der Waals surface area contributed by atoms with Gasteiger partial charge in [0.2, 0.25) is 0 Å². The number of carbonyl (C=O) groups is 2. The number of aliphatic hydroxyl groups excluding tert-OH is 2. The Balaban J connectivity index is 1.86. The summed E-state index contributed by atoms with van der Waals surface area (Å²) in [5.41, 5.74) is -2.66. The summed E-state index contributed by atoms with van der Waals surface area (Å²) in [6.45, 7) is 22.5. The van der Waals surface area contributed by atoms with Gasteiger partial charge in [-0.05, 0) is 94.7 Å². The number of fused-ring (bicyclic) bond motifs is 2.